The zero-order valence-electron chi connectivity index (χ0n) is 19.5. The molecule has 0 aliphatic rings. The van der Waals surface area contributed by atoms with Gasteiger partial charge in [0.1, 0.15) is 0 Å². The van der Waals surface area contributed by atoms with Gasteiger partial charge in [-0.1, -0.05) is 68.7 Å². The molecule has 0 saturated carbocycles. The van der Waals surface area contributed by atoms with Crippen molar-refractivity contribution in [2.45, 2.75) is 27.0 Å². The van der Waals surface area contributed by atoms with Crippen molar-refractivity contribution in [1.82, 2.24) is 0 Å². The number of benzene rings is 4. The summed E-state index contributed by atoms with van der Waals surface area (Å²) in [5.74, 6) is 0. The minimum absolute atomic E-state index is 0.338. The smallest absolute Gasteiger partial charge is 0.445 e. The third-order valence-corrected chi connectivity index (χ3v) is 8.62. The molecule has 0 saturated heterocycles. The molecule has 0 amide bonds. The SMILES string of the molecule is F[B-](F)(F)c1cc(C(F)(F)F)cc(C(F)(F)F)c1.O=[S+](c1ccccc1)(c1ccccc1)c1ccc(Br)cc1. The van der Waals surface area contributed by atoms with Gasteiger partial charge in [-0.3, -0.25) is 0 Å². The Balaban J connectivity index is 0.000000219. The number of rotatable bonds is 4. The highest BCUT2D eigenvalue weighted by Crippen LogP contribution is 2.37. The Hall–Kier alpha value is -3.06. The van der Waals surface area contributed by atoms with Crippen LogP contribution >= 0.6 is 15.9 Å². The van der Waals surface area contributed by atoms with Crippen molar-refractivity contribution < 1.29 is 43.5 Å². The van der Waals surface area contributed by atoms with Gasteiger partial charge in [0.05, 0.1) is 11.1 Å². The van der Waals surface area contributed by atoms with Crippen molar-refractivity contribution in [3.05, 3.63) is 119 Å². The van der Waals surface area contributed by atoms with Gasteiger partial charge in [-0.05, 0) is 54.6 Å². The lowest BCUT2D eigenvalue weighted by Gasteiger charge is -2.19. The second-order valence-corrected chi connectivity index (χ2v) is 11.5. The molecule has 0 bridgehead atoms. The molecule has 1 nitrogen and oxygen atoms in total. The first-order valence-corrected chi connectivity index (χ1v) is 13.3. The zero-order valence-corrected chi connectivity index (χ0v) is 21.9. The molecule has 4 rings (SSSR count). The molecular weight excluding hydrogens is 622 g/mol. The maximum absolute atomic E-state index is 13.9. The van der Waals surface area contributed by atoms with Crippen LogP contribution in [0.15, 0.2) is 122 Å². The van der Waals surface area contributed by atoms with Gasteiger partial charge in [-0.25, -0.2) is 0 Å². The molecule has 0 aliphatic carbocycles. The van der Waals surface area contributed by atoms with Gasteiger partial charge in [-0.15, -0.1) is 5.46 Å². The van der Waals surface area contributed by atoms with E-state index in [2.05, 4.69) is 15.9 Å². The maximum Gasteiger partial charge on any atom is 0.509 e. The quantitative estimate of drug-likeness (QED) is 0.124. The van der Waals surface area contributed by atoms with Gasteiger partial charge in [-0.2, -0.15) is 26.3 Å². The van der Waals surface area contributed by atoms with E-state index in [0.717, 1.165) is 19.2 Å². The Kier molecular flexibility index (Phi) is 9.06. The number of hydrogen-bond acceptors (Lipinski definition) is 1. The fraction of sp³-hybridized carbons (Fsp3) is 0.0769. The van der Waals surface area contributed by atoms with Crippen LogP contribution in [0.3, 0.4) is 0 Å². The van der Waals surface area contributed by atoms with E-state index < -0.39 is 45.9 Å². The highest BCUT2D eigenvalue weighted by atomic mass is 79.9. The lowest BCUT2D eigenvalue weighted by molar-refractivity contribution is -0.142. The van der Waals surface area contributed by atoms with E-state index in [9.17, 15) is 43.5 Å². The summed E-state index contributed by atoms with van der Waals surface area (Å²) in [5, 5.41) is 0. The number of hydrogen-bond donors (Lipinski definition) is 0. The Morgan fingerprint density at radius 2 is 0.923 bits per heavy atom. The summed E-state index contributed by atoms with van der Waals surface area (Å²) < 4.78 is 125. The molecule has 0 radical (unpaired) electrons. The third-order valence-electron chi connectivity index (χ3n) is 5.28. The Bertz CT molecular complexity index is 1310. The van der Waals surface area contributed by atoms with Crippen LogP contribution < -0.4 is 5.46 Å². The van der Waals surface area contributed by atoms with Gasteiger partial charge in [0.2, 0.25) is 0 Å². The summed E-state index contributed by atoms with van der Waals surface area (Å²) in [4.78, 5) is 2.49. The number of halogens is 10. The summed E-state index contributed by atoms with van der Waals surface area (Å²) in [6.07, 6.45) is -10.6. The fourth-order valence-corrected chi connectivity index (χ4v) is 6.11. The second kappa shape index (κ2) is 11.6. The maximum atomic E-state index is 13.9. The Morgan fingerprint density at radius 1 is 0.564 bits per heavy atom. The molecule has 4 aromatic carbocycles. The zero-order chi connectivity index (χ0) is 29.1. The lowest BCUT2D eigenvalue weighted by atomic mass is 9.78. The molecule has 0 aromatic heterocycles. The van der Waals surface area contributed by atoms with Crippen molar-refractivity contribution >= 4 is 38.3 Å². The minimum atomic E-state index is -5.95. The average molecular weight is 639 g/mol. The van der Waals surface area contributed by atoms with Gasteiger partial charge >= 0.3 is 19.3 Å². The van der Waals surface area contributed by atoms with Gasteiger partial charge in [0, 0.05) is 4.47 Å². The van der Waals surface area contributed by atoms with E-state index in [1.807, 2.05) is 84.9 Å². The monoisotopic (exact) mass is 638 g/mol. The van der Waals surface area contributed by atoms with E-state index >= 15 is 0 Å². The topological polar surface area (TPSA) is 17.1 Å². The fourth-order valence-electron chi connectivity index (χ4n) is 3.43. The van der Waals surface area contributed by atoms with Crippen molar-refractivity contribution in [1.29, 1.82) is 0 Å². The van der Waals surface area contributed by atoms with E-state index in [4.69, 9.17) is 0 Å². The molecule has 4 aromatic rings. The van der Waals surface area contributed by atoms with Crippen LogP contribution in [0.25, 0.3) is 0 Å². The van der Waals surface area contributed by atoms with Gasteiger partial charge in [0.15, 0.2) is 24.6 Å². The predicted molar refractivity (Wildman–Crippen MR) is 135 cm³/mol. The highest BCUT2D eigenvalue weighted by molar-refractivity contribution is 9.10. The van der Waals surface area contributed by atoms with Crippen LogP contribution in [0.4, 0.5) is 39.3 Å². The lowest BCUT2D eigenvalue weighted by Crippen LogP contribution is -2.36. The summed E-state index contributed by atoms with van der Waals surface area (Å²) in [6, 6.07) is 26.0. The molecular formula is C26H17BBrF9OS. The third kappa shape index (κ3) is 7.54. The first-order valence-electron chi connectivity index (χ1n) is 10.9. The summed E-state index contributed by atoms with van der Waals surface area (Å²) in [7, 11) is -2.46. The normalized spacial score (nSPS) is 12.5. The predicted octanol–water partition coefficient (Wildman–Crippen LogP) is 9.20. The van der Waals surface area contributed by atoms with E-state index in [0.29, 0.717) is 0 Å². The molecule has 0 N–H and O–H groups in total. The van der Waals surface area contributed by atoms with Crippen LogP contribution in [0.5, 0.6) is 0 Å². The van der Waals surface area contributed by atoms with Crippen LogP contribution in [-0.4, -0.2) is 6.98 Å². The number of alkyl halides is 6. The summed E-state index contributed by atoms with van der Waals surface area (Å²) in [6.45, 7) is -5.95. The molecule has 206 valence electrons. The summed E-state index contributed by atoms with van der Waals surface area (Å²) in [5.41, 5.74) is -5.89. The van der Waals surface area contributed by atoms with Crippen molar-refractivity contribution in [3.63, 3.8) is 0 Å². The average Bonchev–Trinajstić information content (AvgIpc) is 2.88. The van der Waals surface area contributed by atoms with Crippen molar-refractivity contribution in [2.24, 2.45) is 0 Å². The second-order valence-electron chi connectivity index (χ2n) is 8.05. The van der Waals surface area contributed by atoms with Crippen LogP contribution in [0.2, 0.25) is 0 Å². The largest absolute Gasteiger partial charge is 0.509 e. The summed E-state index contributed by atoms with van der Waals surface area (Å²) >= 11 is 3.43. The highest BCUT2D eigenvalue weighted by Gasteiger charge is 2.39. The first kappa shape index (κ1) is 30.5. The Labute approximate surface area is 227 Å². The van der Waals surface area contributed by atoms with Crippen molar-refractivity contribution in [2.75, 3.05) is 0 Å². The minimum Gasteiger partial charge on any atom is -0.445 e. The van der Waals surface area contributed by atoms with E-state index in [-0.39, 0.29) is 18.2 Å². The van der Waals surface area contributed by atoms with Gasteiger partial charge in [0.25, 0.3) is 0 Å². The molecule has 0 heterocycles. The molecule has 0 unspecified atom stereocenters. The Morgan fingerprint density at radius 3 is 1.26 bits per heavy atom. The first-order chi connectivity index (χ1) is 18.0. The van der Waals surface area contributed by atoms with Crippen LogP contribution in [0.1, 0.15) is 11.1 Å². The van der Waals surface area contributed by atoms with Gasteiger partial charge < -0.3 is 12.9 Å². The van der Waals surface area contributed by atoms with E-state index in [1.165, 1.54) is 0 Å². The molecule has 0 aliphatic heterocycles. The van der Waals surface area contributed by atoms with E-state index in [1.54, 1.807) is 0 Å². The molecule has 0 spiro atoms. The molecule has 13 heteroatoms. The standard InChI is InChI=1S/C18H14BrOS.C8H3BF9/c19-15-11-13-18(14-12-15)21(20,16-7-3-1-4-8-16)17-9-5-2-6-10-17;10-7(11,12)4-1-5(8(13,14)15)3-6(2-4)9(16,17)18/h1-14H;1-3H/q+1;-1. The molecule has 0 fully saturated rings. The van der Waals surface area contributed by atoms with Crippen LogP contribution in [0, 0.1) is 0 Å². The van der Waals surface area contributed by atoms with Crippen molar-refractivity contribution in [3.8, 4) is 0 Å². The van der Waals surface area contributed by atoms with Crippen LogP contribution in [-0.2, 0) is 26.5 Å². The molecule has 0 atom stereocenters. The molecule has 39 heavy (non-hydrogen) atoms.